The van der Waals surface area contributed by atoms with Gasteiger partial charge >= 0.3 is 0 Å². The molecule has 168 valence electrons. The number of hydrogen-bond acceptors (Lipinski definition) is 7. The molecule has 1 aromatic carbocycles. The zero-order chi connectivity index (χ0) is 22.2. The van der Waals surface area contributed by atoms with Gasteiger partial charge in [0.05, 0.1) is 25.0 Å². The summed E-state index contributed by atoms with van der Waals surface area (Å²) in [5.41, 5.74) is 3.08. The van der Waals surface area contributed by atoms with E-state index in [1.54, 1.807) is 7.11 Å². The molecule has 1 aliphatic heterocycles. The average molecular weight is 436 g/mol. The van der Waals surface area contributed by atoms with Crippen LogP contribution in [0.5, 0.6) is 0 Å². The van der Waals surface area contributed by atoms with Crippen LogP contribution in [0.2, 0.25) is 0 Å². The molecular formula is C25H29N3O4. The van der Waals surface area contributed by atoms with Gasteiger partial charge in [0.2, 0.25) is 6.35 Å². The molecule has 0 spiro atoms. The topological polar surface area (TPSA) is 95.3 Å². The molecule has 5 rings (SSSR count). The molecule has 0 saturated heterocycles. The van der Waals surface area contributed by atoms with Crippen LogP contribution in [0, 0.1) is 11.8 Å². The van der Waals surface area contributed by atoms with Crippen molar-refractivity contribution in [2.45, 2.75) is 37.4 Å². The Morgan fingerprint density at radius 3 is 2.69 bits per heavy atom. The molecular weight excluding hydrogens is 406 g/mol. The van der Waals surface area contributed by atoms with Gasteiger partial charge in [-0.15, -0.1) is 0 Å². The second-order valence-corrected chi connectivity index (χ2v) is 8.63. The summed E-state index contributed by atoms with van der Waals surface area (Å²) in [6.45, 7) is 0. The standard InChI is InChI=1S/C25H29N3O4/c1-31-15-12-20(29)22(21(30)13-15)24-26-23(27-25(28-24)32-2)19-11-14-7-3-4-8-16(14)17-9-5-6-10-18(17)19/h3-10,12,17-19,21,23,25,27,29-30H,11,13H2,1-2H3,(H,26,28). The van der Waals surface area contributed by atoms with Crippen LogP contribution in [0.25, 0.3) is 0 Å². The molecule has 0 aromatic heterocycles. The summed E-state index contributed by atoms with van der Waals surface area (Å²) in [4.78, 5) is 4.56. The van der Waals surface area contributed by atoms with Gasteiger partial charge in [-0.2, -0.15) is 0 Å². The maximum atomic E-state index is 10.7. The van der Waals surface area contributed by atoms with Crippen LogP contribution >= 0.6 is 0 Å². The molecule has 3 aliphatic carbocycles. The van der Waals surface area contributed by atoms with Crippen LogP contribution in [-0.4, -0.2) is 48.9 Å². The van der Waals surface area contributed by atoms with Gasteiger partial charge in [-0.25, -0.2) is 4.99 Å². The third-order valence-electron chi connectivity index (χ3n) is 6.87. The summed E-state index contributed by atoms with van der Waals surface area (Å²) in [5, 5.41) is 28.3. The molecule has 1 heterocycles. The minimum absolute atomic E-state index is 0.0466. The normalized spacial score (nSPS) is 33.6. The lowest BCUT2D eigenvalue weighted by atomic mass is 9.66. The number of rotatable bonds is 4. The number of allylic oxidation sites excluding steroid dienone is 5. The highest BCUT2D eigenvalue weighted by molar-refractivity contribution is 6.00. The van der Waals surface area contributed by atoms with E-state index < -0.39 is 12.5 Å². The molecule has 6 atom stereocenters. The van der Waals surface area contributed by atoms with Gasteiger partial charge in [0.15, 0.2) is 0 Å². The molecule has 0 saturated carbocycles. The van der Waals surface area contributed by atoms with Gasteiger partial charge in [-0.05, 0) is 23.5 Å². The summed E-state index contributed by atoms with van der Waals surface area (Å²) in [5.74, 6) is 1.75. The maximum Gasteiger partial charge on any atom is 0.207 e. The van der Waals surface area contributed by atoms with Crippen molar-refractivity contribution in [1.82, 2.24) is 10.6 Å². The van der Waals surface area contributed by atoms with Crippen molar-refractivity contribution in [2.75, 3.05) is 14.2 Å². The summed E-state index contributed by atoms with van der Waals surface area (Å²) in [6, 6.07) is 8.62. The zero-order valence-electron chi connectivity index (χ0n) is 18.2. The van der Waals surface area contributed by atoms with Crippen LogP contribution in [0.4, 0.5) is 0 Å². The first-order valence-electron chi connectivity index (χ1n) is 11.0. The van der Waals surface area contributed by atoms with E-state index in [4.69, 9.17) is 9.47 Å². The molecule has 0 amide bonds. The number of aliphatic hydroxyl groups excluding tert-OH is 2. The number of amidine groups is 1. The molecule has 0 fully saturated rings. The van der Waals surface area contributed by atoms with Gasteiger partial charge in [0, 0.05) is 31.4 Å². The Bertz CT molecular complexity index is 1040. The van der Waals surface area contributed by atoms with Crippen molar-refractivity contribution in [3.63, 3.8) is 0 Å². The first-order valence-corrected chi connectivity index (χ1v) is 11.0. The number of hydrogen-bond donors (Lipinski definition) is 4. The second kappa shape index (κ2) is 8.58. The Balaban J connectivity index is 1.49. The molecule has 6 unspecified atom stereocenters. The Morgan fingerprint density at radius 1 is 1.09 bits per heavy atom. The Kier molecular flexibility index (Phi) is 5.63. The summed E-state index contributed by atoms with van der Waals surface area (Å²) >= 11 is 0. The van der Waals surface area contributed by atoms with E-state index >= 15 is 0 Å². The summed E-state index contributed by atoms with van der Waals surface area (Å²) in [6.07, 6.45) is 9.82. The number of aliphatic hydroxyl groups is 2. The number of ether oxygens (including phenoxy) is 2. The van der Waals surface area contributed by atoms with Crippen molar-refractivity contribution in [2.24, 2.45) is 16.8 Å². The average Bonchev–Trinajstić information content (AvgIpc) is 2.82. The lowest BCUT2D eigenvalue weighted by molar-refractivity contribution is 0.0445. The Hall–Kier alpha value is -2.87. The monoisotopic (exact) mass is 435 g/mol. The summed E-state index contributed by atoms with van der Waals surface area (Å²) < 4.78 is 10.8. The molecule has 1 aromatic rings. The van der Waals surface area contributed by atoms with E-state index in [2.05, 4.69) is 64.2 Å². The third kappa shape index (κ3) is 3.66. The van der Waals surface area contributed by atoms with Crippen LogP contribution in [-0.2, 0) is 15.9 Å². The fourth-order valence-electron chi connectivity index (χ4n) is 5.33. The van der Waals surface area contributed by atoms with Gasteiger partial charge in [-0.1, -0.05) is 48.6 Å². The van der Waals surface area contributed by atoms with Crippen LogP contribution in [0.15, 0.2) is 76.7 Å². The molecule has 7 nitrogen and oxygen atoms in total. The van der Waals surface area contributed by atoms with E-state index in [9.17, 15) is 10.2 Å². The zero-order valence-corrected chi connectivity index (χ0v) is 18.2. The van der Waals surface area contributed by atoms with Crippen molar-refractivity contribution >= 4 is 5.84 Å². The van der Waals surface area contributed by atoms with Crippen molar-refractivity contribution in [3.8, 4) is 0 Å². The minimum atomic E-state index is -0.921. The molecule has 4 N–H and O–H groups in total. The first kappa shape index (κ1) is 21.0. The first-order chi connectivity index (χ1) is 15.6. The smallest absolute Gasteiger partial charge is 0.207 e. The quantitative estimate of drug-likeness (QED) is 0.581. The second-order valence-electron chi connectivity index (χ2n) is 8.63. The van der Waals surface area contributed by atoms with Crippen LogP contribution in [0.3, 0.4) is 0 Å². The van der Waals surface area contributed by atoms with Crippen molar-refractivity contribution < 1.29 is 19.7 Å². The number of nitrogens with one attached hydrogen (secondary N) is 2. The summed E-state index contributed by atoms with van der Waals surface area (Å²) in [7, 11) is 3.12. The SMILES string of the molecule is COC1=CC(O)=C(C2=NC(OC)NC(C3Cc4ccccc4C4C=CC=CC43)N2)C(O)C1. The van der Waals surface area contributed by atoms with E-state index in [0.717, 1.165) is 6.42 Å². The van der Waals surface area contributed by atoms with E-state index in [0.29, 0.717) is 29.0 Å². The van der Waals surface area contributed by atoms with Crippen molar-refractivity contribution in [1.29, 1.82) is 0 Å². The lowest BCUT2D eigenvalue weighted by Crippen LogP contribution is -2.61. The highest BCUT2D eigenvalue weighted by Gasteiger charge is 2.42. The molecule has 0 radical (unpaired) electrons. The Labute approximate surface area is 187 Å². The predicted molar refractivity (Wildman–Crippen MR) is 122 cm³/mol. The fourth-order valence-corrected chi connectivity index (χ4v) is 5.33. The minimum Gasteiger partial charge on any atom is -0.507 e. The number of nitrogens with zero attached hydrogens (tertiary/aromatic N) is 1. The Morgan fingerprint density at radius 2 is 1.91 bits per heavy atom. The largest absolute Gasteiger partial charge is 0.507 e. The van der Waals surface area contributed by atoms with Gasteiger partial charge < -0.3 is 25.0 Å². The number of aliphatic imine (C=N–C) groups is 1. The van der Waals surface area contributed by atoms with E-state index in [-0.39, 0.29) is 24.3 Å². The van der Waals surface area contributed by atoms with Crippen LogP contribution in [0.1, 0.15) is 23.5 Å². The molecule has 7 heteroatoms. The van der Waals surface area contributed by atoms with Crippen molar-refractivity contribution in [3.05, 3.63) is 82.9 Å². The van der Waals surface area contributed by atoms with E-state index in [1.807, 2.05) is 0 Å². The highest BCUT2D eigenvalue weighted by atomic mass is 16.5. The lowest BCUT2D eigenvalue weighted by Gasteiger charge is -2.45. The van der Waals surface area contributed by atoms with Gasteiger partial charge in [0.1, 0.15) is 17.4 Å². The van der Waals surface area contributed by atoms with Gasteiger partial charge in [-0.3, -0.25) is 5.32 Å². The third-order valence-corrected chi connectivity index (χ3v) is 6.87. The predicted octanol–water partition coefficient (Wildman–Crippen LogP) is 2.64. The molecule has 32 heavy (non-hydrogen) atoms. The maximum absolute atomic E-state index is 10.7. The van der Waals surface area contributed by atoms with Crippen LogP contribution < -0.4 is 10.6 Å². The number of methoxy groups -OCH3 is 2. The number of fused-ring (bicyclic) bond motifs is 3. The molecule has 4 aliphatic rings. The highest BCUT2D eigenvalue weighted by Crippen LogP contribution is 2.44. The van der Waals surface area contributed by atoms with Gasteiger partial charge in [0.25, 0.3) is 0 Å². The molecule has 0 bridgehead atoms. The van der Waals surface area contributed by atoms with E-state index in [1.165, 1.54) is 24.3 Å². The fraction of sp³-hybridized carbons (Fsp3) is 0.400. The number of benzene rings is 1.